The van der Waals surface area contributed by atoms with Crippen molar-refractivity contribution in [1.29, 1.82) is 0 Å². The summed E-state index contributed by atoms with van der Waals surface area (Å²) in [5, 5.41) is 8.24. The van der Waals surface area contributed by atoms with E-state index in [0.717, 1.165) is 12.3 Å². The minimum Gasteiger partial charge on any atom is -0.396 e. The zero-order chi connectivity index (χ0) is 9.28. The summed E-state index contributed by atoms with van der Waals surface area (Å²) in [7, 11) is 0. The summed E-state index contributed by atoms with van der Waals surface area (Å²) in [6, 6.07) is 0. The molecule has 11 heavy (non-hydrogen) atoms. The average Bonchev–Trinajstić information content (AvgIpc) is 1.89. The van der Waals surface area contributed by atoms with Gasteiger partial charge in [0.05, 0.1) is 0 Å². The van der Waals surface area contributed by atoms with Gasteiger partial charge < -0.3 is 5.11 Å². The van der Waals surface area contributed by atoms with E-state index in [9.17, 15) is 0 Å². The molecule has 0 aliphatic carbocycles. The molecule has 0 saturated carbocycles. The number of aliphatic hydroxyl groups excluding tert-OH is 1. The van der Waals surface area contributed by atoms with Crippen molar-refractivity contribution in [2.45, 2.75) is 47.5 Å². The van der Waals surface area contributed by atoms with Crippen LogP contribution in [-0.2, 0) is 0 Å². The number of hydrogen-bond donors (Lipinski definition) is 1. The molecule has 0 fully saturated rings. The summed E-state index contributed by atoms with van der Waals surface area (Å²) in [6.45, 7) is 11.2. The number of hydrogen-bond acceptors (Lipinski definition) is 1. The van der Waals surface area contributed by atoms with E-state index >= 15 is 0 Å². The molecule has 0 unspecified atom stereocenters. The Morgan fingerprint density at radius 3 is 1.36 bits per heavy atom. The third-order valence-electron chi connectivity index (χ3n) is 1.52. The van der Waals surface area contributed by atoms with E-state index in [2.05, 4.69) is 34.6 Å². The molecular weight excluding hydrogens is 136 g/mol. The van der Waals surface area contributed by atoms with Crippen LogP contribution in [0.25, 0.3) is 0 Å². The van der Waals surface area contributed by atoms with E-state index in [1.165, 1.54) is 6.42 Å². The first kappa shape index (κ1) is 13.5. The molecule has 0 radical (unpaired) electrons. The van der Waals surface area contributed by atoms with Crippen LogP contribution < -0.4 is 0 Å². The zero-order valence-electron chi connectivity index (χ0n) is 8.72. The van der Waals surface area contributed by atoms with Crippen molar-refractivity contribution >= 4 is 0 Å². The fourth-order valence-corrected chi connectivity index (χ4v) is 0.258. The lowest BCUT2D eigenvalue weighted by molar-refractivity contribution is 0.268. The molecule has 0 spiro atoms. The summed E-state index contributed by atoms with van der Waals surface area (Å²) in [4.78, 5) is 0. The first-order valence-electron chi connectivity index (χ1n) is 4.65. The average molecular weight is 160 g/mol. The largest absolute Gasteiger partial charge is 0.396 e. The predicted octanol–water partition coefficient (Wildman–Crippen LogP) is 3.08. The van der Waals surface area contributed by atoms with Gasteiger partial charge in [-0.15, -0.1) is 0 Å². The van der Waals surface area contributed by atoms with Gasteiger partial charge in [-0.25, -0.2) is 0 Å². The molecule has 1 heteroatoms. The zero-order valence-corrected chi connectivity index (χ0v) is 8.72. The first-order valence-corrected chi connectivity index (χ1v) is 4.65. The van der Waals surface area contributed by atoms with Gasteiger partial charge in [-0.2, -0.15) is 0 Å². The van der Waals surface area contributed by atoms with Gasteiger partial charge in [-0.3, -0.25) is 0 Å². The van der Waals surface area contributed by atoms with Crippen LogP contribution in [0.1, 0.15) is 47.5 Å². The lowest BCUT2D eigenvalue weighted by Gasteiger charge is -1.95. The molecule has 1 nitrogen and oxygen atoms in total. The van der Waals surface area contributed by atoms with Crippen LogP contribution in [0.5, 0.6) is 0 Å². The van der Waals surface area contributed by atoms with E-state index in [0.29, 0.717) is 12.5 Å². The van der Waals surface area contributed by atoms with Crippen molar-refractivity contribution in [2.75, 3.05) is 6.61 Å². The molecule has 0 aliphatic rings. The Hall–Kier alpha value is -0.0400. The van der Waals surface area contributed by atoms with E-state index in [1.54, 1.807) is 0 Å². The molecule has 0 aromatic rings. The van der Waals surface area contributed by atoms with Gasteiger partial charge in [0.15, 0.2) is 0 Å². The number of rotatable bonds is 3. The number of aliphatic hydroxyl groups is 1. The van der Waals surface area contributed by atoms with Gasteiger partial charge in [0.25, 0.3) is 0 Å². The van der Waals surface area contributed by atoms with Crippen LogP contribution in [0.3, 0.4) is 0 Å². The lowest BCUT2D eigenvalue weighted by atomic mass is 10.2. The Bertz CT molecular complexity index is 57.9. The Labute approximate surface area is 71.8 Å². The molecule has 0 aromatic carbocycles. The van der Waals surface area contributed by atoms with Gasteiger partial charge in [0.2, 0.25) is 0 Å². The van der Waals surface area contributed by atoms with Gasteiger partial charge in [-0.05, 0) is 18.3 Å². The van der Waals surface area contributed by atoms with Crippen LogP contribution in [0.15, 0.2) is 0 Å². The Morgan fingerprint density at radius 1 is 1.00 bits per heavy atom. The topological polar surface area (TPSA) is 20.2 Å². The molecule has 1 N–H and O–H groups in total. The molecule has 0 atom stereocenters. The SMILES string of the molecule is CC(C)CCO.CCC(C)C. The van der Waals surface area contributed by atoms with E-state index in [4.69, 9.17) is 5.11 Å². The van der Waals surface area contributed by atoms with Crippen molar-refractivity contribution in [1.82, 2.24) is 0 Å². The predicted molar refractivity (Wildman–Crippen MR) is 51.7 cm³/mol. The highest BCUT2D eigenvalue weighted by Gasteiger charge is 1.86. The van der Waals surface area contributed by atoms with Crippen molar-refractivity contribution in [3.63, 3.8) is 0 Å². The molecule has 0 amide bonds. The summed E-state index contributed by atoms with van der Waals surface area (Å²) >= 11 is 0. The quantitative estimate of drug-likeness (QED) is 0.672. The summed E-state index contributed by atoms with van der Waals surface area (Å²) < 4.78 is 0. The van der Waals surface area contributed by atoms with Crippen LogP contribution >= 0.6 is 0 Å². The van der Waals surface area contributed by atoms with Gasteiger partial charge in [0.1, 0.15) is 0 Å². The second-order valence-electron chi connectivity index (χ2n) is 3.71. The monoisotopic (exact) mass is 160 g/mol. The molecule has 70 valence electrons. The van der Waals surface area contributed by atoms with Crippen LogP contribution in [0, 0.1) is 11.8 Å². The van der Waals surface area contributed by atoms with Crippen LogP contribution in [0.4, 0.5) is 0 Å². The van der Waals surface area contributed by atoms with Crippen LogP contribution in [-0.4, -0.2) is 11.7 Å². The Morgan fingerprint density at radius 2 is 1.36 bits per heavy atom. The normalized spacial score (nSPS) is 9.82. The van der Waals surface area contributed by atoms with Gasteiger partial charge in [0, 0.05) is 6.61 Å². The van der Waals surface area contributed by atoms with Gasteiger partial charge >= 0.3 is 0 Å². The van der Waals surface area contributed by atoms with E-state index in [-0.39, 0.29) is 0 Å². The highest BCUT2D eigenvalue weighted by molar-refractivity contribution is 4.38. The molecule has 0 aromatic heterocycles. The van der Waals surface area contributed by atoms with Crippen molar-refractivity contribution < 1.29 is 5.11 Å². The fraction of sp³-hybridized carbons (Fsp3) is 1.00. The smallest absolute Gasteiger partial charge is 0.0433 e. The lowest BCUT2D eigenvalue weighted by Crippen LogP contribution is -1.89. The molecular formula is C10H24O. The maximum Gasteiger partial charge on any atom is 0.0433 e. The first-order chi connectivity index (χ1) is 5.04. The molecule has 0 aliphatic heterocycles. The van der Waals surface area contributed by atoms with Gasteiger partial charge in [-0.1, -0.05) is 41.0 Å². The second-order valence-corrected chi connectivity index (χ2v) is 3.71. The maximum atomic E-state index is 8.24. The summed E-state index contributed by atoms with van der Waals surface area (Å²) in [6.07, 6.45) is 2.24. The molecule has 0 heterocycles. The maximum absolute atomic E-state index is 8.24. The Balaban J connectivity index is 0. The minimum absolute atomic E-state index is 0.331. The standard InChI is InChI=1S/C5H12O.C5H12/c1-5(2)3-4-6;1-4-5(2)3/h5-6H,3-4H2,1-2H3;5H,4H2,1-3H3. The van der Waals surface area contributed by atoms with E-state index < -0.39 is 0 Å². The summed E-state index contributed by atoms with van der Waals surface area (Å²) in [5.74, 6) is 1.53. The fourth-order valence-electron chi connectivity index (χ4n) is 0.258. The molecule has 0 saturated heterocycles. The van der Waals surface area contributed by atoms with E-state index in [1.807, 2.05) is 0 Å². The van der Waals surface area contributed by atoms with Crippen molar-refractivity contribution in [3.05, 3.63) is 0 Å². The van der Waals surface area contributed by atoms with Crippen LogP contribution in [0.2, 0.25) is 0 Å². The summed E-state index contributed by atoms with van der Waals surface area (Å²) in [5.41, 5.74) is 0. The Kier molecular flexibility index (Phi) is 12.3. The molecule has 0 rings (SSSR count). The highest BCUT2D eigenvalue weighted by Crippen LogP contribution is 1.95. The van der Waals surface area contributed by atoms with Crippen molar-refractivity contribution in [3.8, 4) is 0 Å². The second kappa shape index (κ2) is 9.96. The highest BCUT2D eigenvalue weighted by atomic mass is 16.2. The third-order valence-corrected chi connectivity index (χ3v) is 1.52. The molecule has 0 bridgehead atoms. The van der Waals surface area contributed by atoms with Crippen molar-refractivity contribution in [2.24, 2.45) is 11.8 Å². The minimum atomic E-state index is 0.331. The third kappa shape index (κ3) is 25.7.